The summed E-state index contributed by atoms with van der Waals surface area (Å²) in [6.45, 7) is 9.58. The number of hydrogen-bond donors (Lipinski definition) is 0. The van der Waals surface area contributed by atoms with Crippen molar-refractivity contribution in [3.05, 3.63) is 35.9 Å². The van der Waals surface area contributed by atoms with Gasteiger partial charge < -0.3 is 0 Å². The van der Waals surface area contributed by atoms with Crippen LogP contribution in [0.25, 0.3) is 0 Å². The highest BCUT2D eigenvalue weighted by Crippen LogP contribution is 2.30. The van der Waals surface area contributed by atoms with Crippen LogP contribution >= 0.6 is 0 Å². The Morgan fingerprint density at radius 3 is 1.95 bits per heavy atom. The fraction of sp³-hybridized carbons (Fsp3) is 0.700. The van der Waals surface area contributed by atoms with Crippen molar-refractivity contribution >= 4 is 0 Å². The van der Waals surface area contributed by atoms with Gasteiger partial charge in [0.2, 0.25) is 0 Å². The van der Waals surface area contributed by atoms with Crippen LogP contribution < -0.4 is 0 Å². The van der Waals surface area contributed by atoms with Crippen LogP contribution in [-0.2, 0) is 6.42 Å². The van der Waals surface area contributed by atoms with Gasteiger partial charge in [0.1, 0.15) is 0 Å². The van der Waals surface area contributed by atoms with E-state index in [4.69, 9.17) is 0 Å². The van der Waals surface area contributed by atoms with Gasteiger partial charge in [-0.05, 0) is 42.6 Å². The van der Waals surface area contributed by atoms with Gasteiger partial charge in [-0.1, -0.05) is 83.7 Å². The zero-order chi connectivity index (χ0) is 14.8. The third-order valence-corrected chi connectivity index (χ3v) is 5.10. The molecule has 0 N–H and O–H groups in total. The summed E-state index contributed by atoms with van der Waals surface area (Å²) in [6.07, 6.45) is 9.48. The third-order valence-electron chi connectivity index (χ3n) is 5.10. The van der Waals surface area contributed by atoms with Gasteiger partial charge in [0.05, 0.1) is 0 Å². The van der Waals surface area contributed by atoms with Crippen LogP contribution in [0.1, 0.15) is 71.8 Å². The molecule has 0 bridgehead atoms. The molecule has 0 saturated heterocycles. The molecule has 0 radical (unpaired) electrons. The Labute approximate surface area is 127 Å². The minimum Gasteiger partial charge on any atom is -0.0651 e. The van der Waals surface area contributed by atoms with Crippen LogP contribution in [-0.4, -0.2) is 0 Å². The first-order valence-electron chi connectivity index (χ1n) is 8.72. The van der Waals surface area contributed by atoms with Gasteiger partial charge in [0.15, 0.2) is 0 Å². The zero-order valence-electron chi connectivity index (χ0n) is 14.1. The number of hydrogen-bond acceptors (Lipinski definition) is 0. The predicted octanol–water partition coefficient (Wildman–Crippen LogP) is 6.50. The molecule has 20 heavy (non-hydrogen) atoms. The molecule has 1 aromatic carbocycles. The second-order valence-electron chi connectivity index (χ2n) is 6.52. The Morgan fingerprint density at radius 1 is 0.800 bits per heavy atom. The maximum Gasteiger partial charge on any atom is -0.0279 e. The maximum atomic E-state index is 2.45. The molecule has 0 heteroatoms. The minimum atomic E-state index is 0.888. The summed E-state index contributed by atoms with van der Waals surface area (Å²) in [7, 11) is 0. The SMILES string of the molecule is CCC(C)C(CCCCCc1ccccc1)C(C)CC. The maximum absolute atomic E-state index is 2.45. The van der Waals surface area contributed by atoms with E-state index in [9.17, 15) is 0 Å². The second kappa shape index (κ2) is 10.0. The van der Waals surface area contributed by atoms with Crippen molar-refractivity contribution in [2.75, 3.05) is 0 Å². The van der Waals surface area contributed by atoms with E-state index < -0.39 is 0 Å². The summed E-state index contributed by atoms with van der Waals surface area (Å²) in [5.41, 5.74) is 1.49. The number of benzene rings is 1. The highest BCUT2D eigenvalue weighted by Gasteiger charge is 2.20. The van der Waals surface area contributed by atoms with Crippen LogP contribution in [0.15, 0.2) is 30.3 Å². The molecule has 0 spiro atoms. The molecule has 0 amide bonds. The van der Waals surface area contributed by atoms with E-state index in [1.54, 1.807) is 0 Å². The van der Waals surface area contributed by atoms with Crippen molar-refractivity contribution in [3.8, 4) is 0 Å². The van der Waals surface area contributed by atoms with Crippen molar-refractivity contribution in [1.82, 2.24) is 0 Å². The molecule has 2 unspecified atom stereocenters. The van der Waals surface area contributed by atoms with Crippen LogP contribution in [0.3, 0.4) is 0 Å². The molecule has 0 heterocycles. The van der Waals surface area contributed by atoms with Crippen LogP contribution in [0.2, 0.25) is 0 Å². The predicted molar refractivity (Wildman–Crippen MR) is 91.0 cm³/mol. The van der Waals surface area contributed by atoms with Gasteiger partial charge in [-0.3, -0.25) is 0 Å². The van der Waals surface area contributed by atoms with Crippen molar-refractivity contribution in [2.24, 2.45) is 17.8 Å². The van der Waals surface area contributed by atoms with E-state index in [0.717, 1.165) is 17.8 Å². The minimum absolute atomic E-state index is 0.888. The molecule has 0 aliphatic carbocycles. The monoisotopic (exact) mass is 274 g/mol. The molecule has 0 fully saturated rings. The summed E-state index contributed by atoms with van der Waals surface area (Å²) >= 11 is 0. The van der Waals surface area contributed by atoms with Crippen molar-refractivity contribution in [3.63, 3.8) is 0 Å². The van der Waals surface area contributed by atoms with Gasteiger partial charge in [-0.2, -0.15) is 0 Å². The summed E-state index contributed by atoms with van der Waals surface area (Å²) in [4.78, 5) is 0. The highest BCUT2D eigenvalue weighted by atomic mass is 14.3. The molecule has 0 saturated carbocycles. The molecule has 0 aliphatic rings. The lowest BCUT2D eigenvalue weighted by atomic mass is 9.77. The molecule has 2 atom stereocenters. The summed E-state index contributed by atoms with van der Waals surface area (Å²) in [6, 6.07) is 10.9. The fourth-order valence-corrected chi connectivity index (χ4v) is 3.27. The Bertz CT molecular complexity index is 317. The molecule has 0 nitrogen and oxygen atoms in total. The van der Waals surface area contributed by atoms with E-state index in [1.165, 1.54) is 50.5 Å². The van der Waals surface area contributed by atoms with Crippen LogP contribution in [0.4, 0.5) is 0 Å². The Hall–Kier alpha value is -0.780. The molecule has 1 aromatic rings. The van der Waals surface area contributed by atoms with E-state index in [2.05, 4.69) is 58.0 Å². The second-order valence-corrected chi connectivity index (χ2v) is 6.52. The average Bonchev–Trinajstić information content (AvgIpc) is 2.50. The van der Waals surface area contributed by atoms with E-state index in [0.29, 0.717) is 0 Å². The van der Waals surface area contributed by atoms with Gasteiger partial charge >= 0.3 is 0 Å². The summed E-state index contributed by atoms with van der Waals surface area (Å²) < 4.78 is 0. The van der Waals surface area contributed by atoms with Crippen molar-refractivity contribution in [2.45, 2.75) is 72.6 Å². The summed E-state index contributed by atoms with van der Waals surface area (Å²) in [5, 5.41) is 0. The average molecular weight is 274 g/mol. The third kappa shape index (κ3) is 6.11. The zero-order valence-corrected chi connectivity index (χ0v) is 14.1. The lowest BCUT2D eigenvalue weighted by Gasteiger charge is -2.28. The largest absolute Gasteiger partial charge is 0.0651 e. The first-order chi connectivity index (χ1) is 9.69. The number of unbranched alkanes of at least 4 members (excludes halogenated alkanes) is 2. The van der Waals surface area contributed by atoms with Gasteiger partial charge in [0.25, 0.3) is 0 Å². The molecular weight excluding hydrogens is 240 g/mol. The molecule has 114 valence electrons. The first kappa shape index (κ1) is 17.3. The Kier molecular flexibility index (Phi) is 8.65. The van der Waals surface area contributed by atoms with Gasteiger partial charge in [-0.15, -0.1) is 0 Å². The van der Waals surface area contributed by atoms with Crippen molar-refractivity contribution < 1.29 is 0 Å². The van der Waals surface area contributed by atoms with Crippen LogP contribution in [0.5, 0.6) is 0 Å². The lowest BCUT2D eigenvalue weighted by molar-refractivity contribution is 0.221. The molecule has 1 rings (SSSR count). The highest BCUT2D eigenvalue weighted by molar-refractivity contribution is 5.14. The lowest BCUT2D eigenvalue weighted by Crippen LogP contribution is -2.19. The first-order valence-corrected chi connectivity index (χ1v) is 8.72. The van der Waals surface area contributed by atoms with E-state index in [1.807, 2.05) is 0 Å². The topological polar surface area (TPSA) is 0 Å². The quantitative estimate of drug-likeness (QED) is 0.427. The molecule has 0 aliphatic heterocycles. The normalized spacial score (nSPS) is 15.8. The van der Waals surface area contributed by atoms with E-state index >= 15 is 0 Å². The number of rotatable bonds is 10. The molecular formula is C20H34. The van der Waals surface area contributed by atoms with E-state index in [-0.39, 0.29) is 0 Å². The van der Waals surface area contributed by atoms with Crippen LogP contribution in [0, 0.1) is 17.8 Å². The fourth-order valence-electron chi connectivity index (χ4n) is 3.27. The van der Waals surface area contributed by atoms with Crippen molar-refractivity contribution in [1.29, 1.82) is 0 Å². The Morgan fingerprint density at radius 2 is 1.40 bits per heavy atom. The Balaban J connectivity index is 2.23. The van der Waals surface area contributed by atoms with Gasteiger partial charge in [0, 0.05) is 0 Å². The number of aryl methyl sites for hydroxylation is 1. The summed E-state index contributed by atoms with van der Waals surface area (Å²) in [5.74, 6) is 2.71. The standard InChI is InChI=1S/C20H34/c1-5-17(3)20(18(4)6-2)16-12-8-11-15-19-13-9-7-10-14-19/h7,9-10,13-14,17-18,20H,5-6,8,11-12,15-16H2,1-4H3. The smallest absolute Gasteiger partial charge is 0.0279 e. The molecule has 0 aromatic heterocycles. The van der Waals surface area contributed by atoms with Gasteiger partial charge in [-0.25, -0.2) is 0 Å².